The second-order valence-electron chi connectivity index (χ2n) is 3.18. The average Bonchev–Trinajstić information content (AvgIpc) is 2.75. The first-order chi connectivity index (χ1) is 8.56. The summed E-state index contributed by atoms with van der Waals surface area (Å²) in [4.78, 5) is 10.4. The van der Waals surface area contributed by atoms with Crippen molar-refractivity contribution in [2.45, 2.75) is 5.22 Å². The third-order valence-corrected chi connectivity index (χ3v) is 3.00. The van der Waals surface area contributed by atoms with Gasteiger partial charge in [-0.2, -0.15) is 0 Å². The van der Waals surface area contributed by atoms with Crippen LogP contribution in [0.3, 0.4) is 0 Å². The predicted octanol–water partition coefficient (Wildman–Crippen LogP) is 2.71. The molecule has 94 valence electrons. The zero-order valence-corrected chi connectivity index (χ0v) is 10.3. The van der Waals surface area contributed by atoms with Crippen LogP contribution in [0.15, 0.2) is 27.8 Å². The zero-order chi connectivity index (χ0) is 13.1. The van der Waals surface area contributed by atoms with Gasteiger partial charge in [0.2, 0.25) is 5.89 Å². The molecule has 0 saturated heterocycles. The maximum Gasteiger partial charge on any atom is 0.314 e. The average molecular weight is 289 g/mol. The monoisotopic (exact) mass is 288 g/mol. The third-order valence-electron chi connectivity index (χ3n) is 1.89. The van der Waals surface area contributed by atoms with Crippen LogP contribution < -0.4 is 0 Å². The summed E-state index contributed by atoms with van der Waals surface area (Å²) in [5, 5.41) is 16.1. The van der Waals surface area contributed by atoms with Crippen LogP contribution in [0.2, 0.25) is 5.02 Å². The lowest BCUT2D eigenvalue weighted by Crippen LogP contribution is -1.97. The van der Waals surface area contributed by atoms with E-state index in [1.807, 2.05) is 0 Å². The molecule has 0 unspecified atom stereocenters. The van der Waals surface area contributed by atoms with Gasteiger partial charge in [0.1, 0.15) is 11.6 Å². The Hall–Kier alpha value is -1.60. The minimum atomic E-state index is -0.987. The van der Waals surface area contributed by atoms with Gasteiger partial charge in [-0.15, -0.1) is 10.2 Å². The molecule has 0 bridgehead atoms. The molecule has 1 aromatic heterocycles. The smallest absolute Gasteiger partial charge is 0.314 e. The number of thioether (sulfide) groups is 1. The Morgan fingerprint density at radius 1 is 1.50 bits per heavy atom. The number of carbonyl (C=O) groups is 1. The molecule has 0 aliphatic rings. The minimum absolute atomic E-state index is 0.118. The highest BCUT2D eigenvalue weighted by Gasteiger charge is 2.13. The van der Waals surface area contributed by atoms with Crippen molar-refractivity contribution in [2.75, 3.05) is 5.75 Å². The molecule has 0 spiro atoms. The van der Waals surface area contributed by atoms with Crippen molar-refractivity contribution in [1.82, 2.24) is 10.2 Å². The maximum atomic E-state index is 12.9. The number of aliphatic carboxylic acids is 1. The number of hydrogen-bond acceptors (Lipinski definition) is 5. The van der Waals surface area contributed by atoms with Crippen LogP contribution in [0.1, 0.15) is 0 Å². The van der Waals surface area contributed by atoms with Crippen LogP contribution in [-0.4, -0.2) is 27.0 Å². The molecule has 18 heavy (non-hydrogen) atoms. The molecule has 0 radical (unpaired) electrons. The number of halogens is 2. The molecule has 1 heterocycles. The van der Waals surface area contributed by atoms with Crippen LogP contribution in [0.25, 0.3) is 11.5 Å². The summed E-state index contributed by atoms with van der Waals surface area (Å²) >= 11 is 6.73. The first-order valence-electron chi connectivity index (χ1n) is 4.70. The Balaban J connectivity index is 2.21. The molecule has 2 aromatic rings. The van der Waals surface area contributed by atoms with E-state index in [9.17, 15) is 9.18 Å². The summed E-state index contributed by atoms with van der Waals surface area (Å²) in [6.07, 6.45) is 0. The van der Waals surface area contributed by atoms with Crippen molar-refractivity contribution in [1.29, 1.82) is 0 Å². The van der Waals surface area contributed by atoms with E-state index >= 15 is 0 Å². The van der Waals surface area contributed by atoms with Gasteiger partial charge in [0, 0.05) is 0 Å². The van der Waals surface area contributed by atoms with E-state index in [1.54, 1.807) is 0 Å². The molecule has 2 rings (SSSR count). The van der Waals surface area contributed by atoms with E-state index in [0.29, 0.717) is 5.56 Å². The predicted molar refractivity (Wildman–Crippen MR) is 63.1 cm³/mol. The standard InChI is InChI=1S/C10H6ClFN2O3S/c11-7-3-5(12)1-2-6(7)9-13-14-10(17-9)18-4-8(15)16/h1-3H,4H2,(H,15,16). The fourth-order valence-corrected chi connectivity index (χ4v) is 1.89. The highest BCUT2D eigenvalue weighted by atomic mass is 35.5. The maximum absolute atomic E-state index is 12.9. The van der Waals surface area contributed by atoms with Crippen molar-refractivity contribution in [3.63, 3.8) is 0 Å². The van der Waals surface area contributed by atoms with Crippen LogP contribution in [0.4, 0.5) is 4.39 Å². The van der Waals surface area contributed by atoms with Gasteiger partial charge >= 0.3 is 5.97 Å². The summed E-state index contributed by atoms with van der Waals surface area (Å²) < 4.78 is 18.1. The SMILES string of the molecule is O=C(O)CSc1nnc(-c2ccc(F)cc2Cl)o1. The van der Waals surface area contributed by atoms with E-state index in [1.165, 1.54) is 12.1 Å². The fraction of sp³-hybridized carbons (Fsp3) is 0.100. The van der Waals surface area contributed by atoms with Gasteiger partial charge in [-0.3, -0.25) is 4.79 Å². The van der Waals surface area contributed by atoms with Crippen LogP contribution in [0, 0.1) is 5.82 Å². The second-order valence-corrected chi connectivity index (χ2v) is 4.51. The van der Waals surface area contributed by atoms with Crippen LogP contribution >= 0.6 is 23.4 Å². The minimum Gasteiger partial charge on any atom is -0.481 e. The van der Waals surface area contributed by atoms with Crippen molar-refractivity contribution < 1.29 is 18.7 Å². The molecule has 0 fully saturated rings. The van der Waals surface area contributed by atoms with Crippen LogP contribution in [-0.2, 0) is 4.79 Å². The van der Waals surface area contributed by atoms with E-state index in [-0.39, 0.29) is 21.9 Å². The lowest BCUT2D eigenvalue weighted by molar-refractivity contribution is -0.133. The first-order valence-corrected chi connectivity index (χ1v) is 6.06. The fourth-order valence-electron chi connectivity index (χ4n) is 1.16. The number of hydrogen-bond donors (Lipinski definition) is 1. The summed E-state index contributed by atoms with van der Waals surface area (Å²) in [7, 11) is 0. The van der Waals surface area contributed by atoms with Gasteiger partial charge in [0.25, 0.3) is 5.22 Å². The summed E-state index contributed by atoms with van der Waals surface area (Å²) in [6, 6.07) is 3.76. The van der Waals surface area contributed by atoms with E-state index in [0.717, 1.165) is 17.8 Å². The van der Waals surface area contributed by atoms with Gasteiger partial charge in [0.15, 0.2) is 0 Å². The van der Waals surface area contributed by atoms with E-state index < -0.39 is 11.8 Å². The van der Waals surface area contributed by atoms with Crippen molar-refractivity contribution in [2.24, 2.45) is 0 Å². The Morgan fingerprint density at radius 3 is 2.94 bits per heavy atom. The van der Waals surface area contributed by atoms with Crippen molar-refractivity contribution in [3.8, 4) is 11.5 Å². The molecule has 1 N–H and O–H groups in total. The van der Waals surface area contributed by atoms with E-state index in [2.05, 4.69) is 10.2 Å². The number of carboxylic acids is 1. The molecule has 0 aliphatic carbocycles. The number of carboxylic acid groups (broad SMARTS) is 1. The third kappa shape index (κ3) is 2.99. The van der Waals surface area contributed by atoms with Gasteiger partial charge in [-0.1, -0.05) is 23.4 Å². The first kappa shape index (κ1) is 12.8. The molecular formula is C10H6ClFN2O3S. The normalized spacial score (nSPS) is 10.6. The lowest BCUT2D eigenvalue weighted by atomic mass is 10.2. The van der Waals surface area contributed by atoms with Crippen molar-refractivity contribution in [3.05, 3.63) is 29.0 Å². The molecular weight excluding hydrogens is 283 g/mol. The molecule has 0 aliphatic heterocycles. The van der Waals surface area contributed by atoms with Gasteiger partial charge in [-0.25, -0.2) is 4.39 Å². The largest absolute Gasteiger partial charge is 0.481 e. The lowest BCUT2D eigenvalue weighted by Gasteiger charge is -1.98. The number of rotatable bonds is 4. The molecule has 1 aromatic carbocycles. The Morgan fingerprint density at radius 2 is 2.28 bits per heavy atom. The zero-order valence-electron chi connectivity index (χ0n) is 8.76. The van der Waals surface area contributed by atoms with Gasteiger partial charge in [-0.05, 0) is 18.2 Å². The Kier molecular flexibility index (Phi) is 3.83. The van der Waals surface area contributed by atoms with Gasteiger partial charge in [0.05, 0.1) is 10.6 Å². The topological polar surface area (TPSA) is 76.2 Å². The number of nitrogens with zero attached hydrogens (tertiary/aromatic N) is 2. The van der Waals surface area contributed by atoms with E-state index in [4.69, 9.17) is 21.1 Å². The molecule has 0 saturated carbocycles. The molecule has 8 heteroatoms. The number of aromatic nitrogens is 2. The molecule has 5 nitrogen and oxygen atoms in total. The molecule has 0 amide bonds. The van der Waals surface area contributed by atoms with Crippen molar-refractivity contribution >= 4 is 29.3 Å². The summed E-state index contributed by atoms with van der Waals surface area (Å²) in [5.41, 5.74) is 0.396. The quantitative estimate of drug-likeness (QED) is 0.872. The molecule has 0 atom stereocenters. The Bertz CT molecular complexity index is 590. The number of benzene rings is 1. The second kappa shape index (κ2) is 5.36. The highest BCUT2D eigenvalue weighted by Crippen LogP contribution is 2.29. The van der Waals surface area contributed by atoms with Crippen LogP contribution in [0.5, 0.6) is 0 Å². The summed E-state index contributed by atoms with van der Waals surface area (Å²) in [5.74, 6) is -1.52. The Labute approximate surface area is 110 Å². The highest BCUT2D eigenvalue weighted by molar-refractivity contribution is 7.99. The van der Waals surface area contributed by atoms with Gasteiger partial charge < -0.3 is 9.52 Å². The summed E-state index contributed by atoms with van der Waals surface area (Å²) in [6.45, 7) is 0.